The van der Waals surface area contributed by atoms with Crippen LogP contribution in [0.2, 0.25) is 6.04 Å². The van der Waals surface area contributed by atoms with Crippen LogP contribution in [-0.4, -0.2) is 42.7 Å². The van der Waals surface area contributed by atoms with Gasteiger partial charge in [0, 0.05) is 33.9 Å². The van der Waals surface area contributed by atoms with Crippen molar-refractivity contribution in [1.82, 2.24) is 5.32 Å². The molecule has 0 spiro atoms. The van der Waals surface area contributed by atoms with E-state index in [1.807, 2.05) is 0 Å². The molecule has 3 N–H and O–H groups in total. The average Bonchev–Trinajstić information content (AvgIpc) is 2.25. The summed E-state index contributed by atoms with van der Waals surface area (Å²) in [5.74, 6) is 0.332. The molecule has 0 aliphatic heterocycles. The fraction of sp³-hybridized carbons (Fsp3) is 0.889. The summed E-state index contributed by atoms with van der Waals surface area (Å²) in [5, 5.41) is 2.55. The Morgan fingerprint density at radius 3 is 2.19 bits per heavy atom. The molecule has 0 aromatic rings. The van der Waals surface area contributed by atoms with E-state index in [1.165, 1.54) is 0 Å². The molecule has 6 nitrogen and oxygen atoms in total. The molecule has 0 radical (unpaired) electrons. The molecule has 2 amide bonds. The van der Waals surface area contributed by atoms with Gasteiger partial charge < -0.3 is 24.3 Å². The highest BCUT2D eigenvalue weighted by molar-refractivity contribution is 6.60. The number of primary amides is 1. The van der Waals surface area contributed by atoms with E-state index >= 15 is 0 Å². The molecule has 1 unspecified atom stereocenters. The Labute approximate surface area is 97.8 Å². The van der Waals surface area contributed by atoms with Crippen LogP contribution in [0.4, 0.5) is 4.79 Å². The summed E-state index contributed by atoms with van der Waals surface area (Å²) in [6.07, 6.45) is 0.813. The minimum atomic E-state index is -2.50. The highest BCUT2D eigenvalue weighted by atomic mass is 28.4. The van der Waals surface area contributed by atoms with E-state index < -0.39 is 14.8 Å². The fourth-order valence-electron chi connectivity index (χ4n) is 1.47. The lowest BCUT2D eigenvalue weighted by molar-refractivity contribution is 0.118. The van der Waals surface area contributed by atoms with Gasteiger partial charge in [-0.05, 0) is 12.3 Å². The highest BCUT2D eigenvalue weighted by Gasteiger charge is 2.39. The lowest BCUT2D eigenvalue weighted by atomic mass is 10.1. The molecule has 0 saturated heterocycles. The summed E-state index contributed by atoms with van der Waals surface area (Å²) >= 11 is 0. The second-order valence-corrected chi connectivity index (χ2v) is 6.68. The Hall–Kier alpha value is -0.633. The Bertz CT molecular complexity index is 203. The molecular formula is C9H22N2O4Si. The molecule has 96 valence electrons. The number of carbonyl (C=O) groups is 1. The number of amides is 2. The highest BCUT2D eigenvalue weighted by Crippen LogP contribution is 2.21. The third-order valence-electron chi connectivity index (χ3n) is 2.47. The molecule has 0 saturated carbocycles. The first-order valence-electron chi connectivity index (χ1n) is 5.18. The van der Waals surface area contributed by atoms with Gasteiger partial charge in [0.1, 0.15) is 0 Å². The van der Waals surface area contributed by atoms with E-state index in [0.717, 1.165) is 12.5 Å². The number of hydrogen-bond acceptors (Lipinski definition) is 4. The monoisotopic (exact) mass is 250 g/mol. The van der Waals surface area contributed by atoms with E-state index in [0.29, 0.717) is 12.5 Å². The summed E-state index contributed by atoms with van der Waals surface area (Å²) in [6, 6.07) is 0.220. The van der Waals surface area contributed by atoms with Crippen LogP contribution in [-0.2, 0) is 13.3 Å². The van der Waals surface area contributed by atoms with E-state index in [-0.39, 0.29) is 0 Å². The topological polar surface area (TPSA) is 82.8 Å². The van der Waals surface area contributed by atoms with Gasteiger partial charge in [0.2, 0.25) is 0 Å². The maximum Gasteiger partial charge on any atom is 0.500 e. The Kier molecular flexibility index (Phi) is 7.31. The van der Waals surface area contributed by atoms with Gasteiger partial charge in [0.05, 0.1) is 0 Å². The number of carbonyl (C=O) groups excluding carboxylic acids is 1. The standard InChI is InChI=1S/C9H22N2O4Si/c1-8(5-6-11-9(10)12)7-16(13-2,14-3)15-4/h8H,5-7H2,1-4H3,(H3,10,11,12). The van der Waals surface area contributed by atoms with Crippen LogP contribution >= 0.6 is 0 Å². The van der Waals surface area contributed by atoms with Crippen molar-refractivity contribution in [3.63, 3.8) is 0 Å². The van der Waals surface area contributed by atoms with E-state index in [4.69, 9.17) is 19.0 Å². The SMILES string of the molecule is CO[Si](CC(C)CCNC(N)=O)(OC)OC. The number of rotatable bonds is 8. The van der Waals surface area contributed by atoms with Gasteiger partial charge in [-0.3, -0.25) is 0 Å². The zero-order chi connectivity index (χ0) is 12.6. The number of nitrogens with two attached hydrogens (primary N) is 1. The Balaban J connectivity index is 4.00. The summed E-state index contributed by atoms with van der Waals surface area (Å²) < 4.78 is 16.0. The summed E-state index contributed by atoms with van der Waals surface area (Å²) in [6.45, 7) is 2.61. The molecule has 0 fully saturated rings. The molecule has 0 rings (SSSR count). The van der Waals surface area contributed by atoms with Crippen LogP contribution in [0.15, 0.2) is 0 Å². The van der Waals surface area contributed by atoms with E-state index in [1.54, 1.807) is 21.3 Å². The maximum absolute atomic E-state index is 10.5. The van der Waals surface area contributed by atoms with Gasteiger partial charge in [-0.2, -0.15) is 0 Å². The van der Waals surface area contributed by atoms with Crippen molar-refractivity contribution in [2.45, 2.75) is 19.4 Å². The largest absolute Gasteiger partial charge is 0.500 e. The third-order valence-corrected chi connectivity index (χ3v) is 5.53. The summed E-state index contributed by atoms with van der Waals surface area (Å²) in [4.78, 5) is 10.5. The van der Waals surface area contributed by atoms with Gasteiger partial charge in [-0.25, -0.2) is 4.79 Å². The molecule has 0 aliphatic carbocycles. The van der Waals surface area contributed by atoms with Crippen molar-refractivity contribution in [2.24, 2.45) is 11.7 Å². The first-order chi connectivity index (χ1) is 7.49. The maximum atomic E-state index is 10.5. The predicted octanol–water partition coefficient (Wildman–Crippen LogP) is 0.559. The number of nitrogens with one attached hydrogen (secondary N) is 1. The molecular weight excluding hydrogens is 228 g/mol. The third kappa shape index (κ3) is 5.45. The predicted molar refractivity (Wildman–Crippen MR) is 63.0 cm³/mol. The van der Waals surface area contributed by atoms with Gasteiger partial charge >= 0.3 is 14.8 Å². The number of hydrogen-bond donors (Lipinski definition) is 2. The first kappa shape index (κ1) is 15.4. The van der Waals surface area contributed by atoms with Crippen LogP contribution < -0.4 is 11.1 Å². The van der Waals surface area contributed by atoms with Crippen molar-refractivity contribution in [2.75, 3.05) is 27.9 Å². The minimum absolute atomic E-state index is 0.332. The second kappa shape index (κ2) is 7.61. The van der Waals surface area contributed by atoms with Crippen molar-refractivity contribution >= 4 is 14.8 Å². The second-order valence-electron chi connectivity index (χ2n) is 3.68. The zero-order valence-corrected chi connectivity index (χ0v) is 11.4. The van der Waals surface area contributed by atoms with Crippen LogP contribution in [0.5, 0.6) is 0 Å². The van der Waals surface area contributed by atoms with E-state index in [2.05, 4.69) is 12.2 Å². The lowest BCUT2D eigenvalue weighted by Gasteiger charge is -2.27. The van der Waals surface area contributed by atoms with Crippen LogP contribution in [0.25, 0.3) is 0 Å². The molecule has 0 aromatic heterocycles. The lowest BCUT2D eigenvalue weighted by Crippen LogP contribution is -2.44. The molecule has 0 aromatic carbocycles. The van der Waals surface area contributed by atoms with Crippen LogP contribution in [0.3, 0.4) is 0 Å². The Morgan fingerprint density at radius 1 is 1.31 bits per heavy atom. The zero-order valence-electron chi connectivity index (χ0n) is 10.4. The van der Waals surface area contributed by atoms with Gasteiger partial charge in [-0.1, -0.05) is 6.92 Å². The first-order valence-corrected chi connectivity index (χ1v) is 7.11. The van der Waals surface area contributed by atoms with Crippen LogP contribution in [0, 0.1) is 5.92 Å². The molecule has 0 bridgehead atoms. The normalized spacial score (nSPS) is 13.5. The fourth-order valence-corrected chi connectivity index (χ4v) is 3.53. The Morgan fingerprint density at radius 2 is 1.81 bits per heavy atom. The summed E-state index contributed by atoms with van der Waals surface area (Å²) in [7, 11) is 2.27. The molecule has 16 heavy (non-hydrogen) atoms. The van der Waals surface area contributed by atoms with Crippen molar-refractivity contribution in [3.05, 3.63) is 0 Å². The molecule has 1 atom stereocenters. The molecule has 0 heterocycles. The minimum Gasteiger partial charge on any atom is -0.377 e. The molecule has 0 aliphatic rings. The van der Waals surface area contributed by atoms with Crippen LogP contribution in [0.1, 0.15) is 13.3 Å². The average molecular weight is 250 g/mol. The smallest absolute Gasteiger partial charge is 0.377 e. The van der Waals surface area contributed by atoms with Crippen molar-refractivity contribution in [3.8, 4) is 0 Å². The quantitative estimate of drug-likeness (QED) is 0.617. The van der Waals surface area contributed by atoms with E-state index in [9.17, 15) is 4.79 Å². The van der Waals surface area contributed by atoms with Gasteiger partial charge in [0.25, 0.3) is 0 Å². The number of urea groups is 1. The van der Waals surface area contributed by atoms with Crippen molar-refractivity contribution in [1.29, 1.82) is 0 Å². The van der Waals surface area contributed by atoms with Gasteiger partial charge in [-0.15, -0.1) is 0 Å². The van der Waals surface area contributed by atoms with Gasteiger partial charge in [0.15, 0.2) is 0 Å². The molecule has 7 heteroatoms. The summed E-state index contributed by atoms with van der Waals surface area (Å²) in [5.41, 5.74) is 4.97. The van der Waals surface area contributed by atoms with Crippen molar-refractivity contribution < 1.29 is 18.1 Å².